The van der Waals surface area contributed by atoms with Crippen LogP contribution in [0.4, 0.5) is 11.4 Å². The molecule has 0 fully saturated rings. The van der Waals surface area contributed by atoms with E-state index in [-0.39, 0.29) is 17.6 Å². The Bertz CT molecular complexity index is 1490. The quantitative estimate of drug-likeness (QED) is 0.0989. The summed E-state index contributed by atoms with van der Waals surface area (Å²) >= 11 is 12.0. The molecule has 0 bridgehead atoms. The average molecular weight is 569 g/mol. The van der Waals surface area contributed by atoms with Crippen molar-refractivity contribution in [1.82, 2.24) is 19.9 Å². The third-order valence-corrected chi connectivity index (χ3v) is 6.47. The number of amides is 2. The van der Waals surface area contributed by atoms with Gasteiger partial charge in [0.2, 0.25) is 0 Å². The van der Waals surface area contributed by atoms with Crippen molar-refractivity contribution in [3.05, 3.63) is 65.9 Å². The van der Waals surface area contributed by atoms with E-state index in [0.29, 0.717) is 71.5 Å². The third-order valence-electron chi connectivity index (χ3n) is 6.13. The van der Waals surface area contributed by atoms with E-state index in [4.69, 9.17) is 34.3 Å². The molecule has 0 aliphatic rings. The van der Waals surface area contributed by atoms with Crippen LogP contribution in [0.15, 0.2) is 54.7 Å². The maximum Gasteiger partial charge on any atom is 0.257 e. The number of halogens is 2. The normalized spacial score (nSPS) is 10.9. The molecular formula is C27H30Cl2N8O2. The Labute approximate surface area is 236 Å². The number of carbonyl (C=O) groups excluding carboxylic acids is 2. The second-order valence-electron chi connectivity index (χ2n) is 8.91. The van der Waals surface area contributed by atoms with Crippen LogP contribution in [0.2, 0.25) is 0 Å². The molecule has 4 rings (SSSR count). The molecule has 10 nitrogen and oxygen atoms in total. The smallest absolute Gasteiger partial charge is 0.257 e. The SMILES string of the molecule is Cn1cc(NC(=O)c2ccccc2N(CCCl)CCCl)cc1-c1nc2ccc(C(=O)NCCC(=N)N)cc2[nH]1. The number of nitrogens with two attached hydrogens (primary N) is 1. The fraction of sp³-hybridized carbons (Fsp3) is 0.259. The zero-order valence-corrected chi connectivity index (χ0v) is 22.9. The number of nitrogens with zero attached hydrogens (tertiary/aromatic N) is 3. The second kappa shape index (κ2) is 12.7. The molecule has 0 spiro atoms. The Morgan fingerprint density at radius 3 is 2.56 bits per heavy atom. The van der Waals surface area contributed by atoms with E-state index in [1.165, 1.54) is 0 Å². The first-order chi connectivity index (χ1) is 18.8. The van der Waals surface area contributed by atoms with Crippen LogP contribution in [0.25, 0.3) is 22.6 Å². The number of alkyl halides is 2. The Balaban J connectivity index is 1.53. The van der Waals surface area contributed by atoms with Crippen molar-refractivity contribution >= 4 is 63.3 Å². The second-order valence-corrected chi connectivity index (χ2v) is 9.67. The molecule has 2 amide bonds. The Morgan fingerprint density at radius 2 is 1.85 bits per heavy atom. The van der Waals surface area contributed by atoms with E-state index in [2.05, 4.69) is 20.6 Å². The molecule has 0 unspecified atom stereocenters. The van der Waals surface area contributed by atoms with Crippen molar-refractivity contribution in [2.75, 3.05) is 41.6 Å². The highest BCUT2D eigenvalue weighted by molar-refractivity contribution is 6.19. The van der Waals surface area contributed by atoms with Gasteiger partial charge in [0.25, 0.3) is 11.8 Å². The van der Waals surface area contributed by atoms with Crippen LogP contribution in [-0.4, -0.2) is 63.6 Å². The highest BCUT2D eigenvalue weighted by Gasteiger charge is 2.18. The zero-order chi connectivity index (χ0) is 27.9. The molecule has 0 aliphatic carbocycles. The van der Waals surface area contributed by atoms with Crippen molar-refractivity contribution in [3.8, 4) is 11.5 Å². The number of benzene rings is 2. The van der Waals surface area contributed by atoms with E-state index in [1.54, 1.807) is 24.3 Å². The van der Waals surface area contributed by atoms with Crippen LogP contribution in [0.5, 0.6) is 0 Å². The molecule has 0 atom stereocenters. The Hall–Kier alpha value is -4.02. The summed E-state index contributed by atoms with van der Waals surface area (Å²) in [4.78, 5) is 35.6. The molecule has 2 aromatic heterocycles. The number of nitrogens with one attached hydrogen (secondary N) is 4. The van der Waals surface area contributed by atoms with Crippen molar-refractivity contribution in [2.24, 2.45) is 12.8 Å². The number of anilines is 2. The number of rotatable bonds is 12. The highest BCUT2D eigenvalue weighted by atomic mass is 35.5. The number of fused-ring (bicyclic) bond motifs is 1. The first-order valence-corrected chi connectivity index (χ1v) is 13.4. The summed E-state index contributed by atoms with van der Waals surface area (Å²) in [6, 6.07) is 14.4. The number of aromatic amines is 1. The molecule has 12 heteroatoms. The fourth-order valence-electron chi connectivity index (χ4n) is 4.25. The van der Waals surface area contributed by atoms with Gasteiger partial charge in [-0.3, -0.25) is 15.0 Å². The lowest BCUT2D eigenvalue weighted by Crippen LogP contribution is -2.30. The minimum absolute atomic E-state index is 0.0194. The van der Waals surface area contributed by atoms with Gasteiger partial charge >= 0.3 is 0 Å². The number of carbonyl (C=O) groups is 2. The van der Waals surface area contributed by atoms with Gasteiger partial charge in [0.15, 0.2) is 5.82 Å². The number of aromatic nitrogens is 3. The lowest BCUT2D eigenvalue weighted by atomic mass is 10.1. The van der Waals surface area contributed by atoms with Gasteiger partial charge < -0.3 is 30.8 Å². The molecule has 39 heavy (non-hydrogen) atoms. The van der Waals surface area contributed by atoms with Crippen LogP contribution in [0.3, 0.4) is 0 Å². The molecule has 0 radical (unpaired) electrons. The van der Waals surface area contributed by atoms with Gasteiger partial charge in [-0.05, 0) is 36.4 Å². The predicted molar refractivity (Wildman–Crippen MR) is 157 cm³/mol. The first-order valence-electron chi connectivity index (χ1n) is 12.4. The first kappa shape index (κ1) is 28.0. The van der Waals surface area contributed by atoms with Crippen LogP contribution >= 0.6 is 23.2 Å². The van der Waals surface area contributed by atoms with Crippen LogP contribution in [0.1, 0.15) is 27.1 Å². The van der Waals surface area contributed by atoms with E-state index >= 15 is 0 Å². The van der Waals surface area contributed by atoms with Gasteiger partial charge in [-0.15, -0.1) is 23.2 Å². The third kappa shape index (κ3) is 6.71. The molecule has 2 aromatic carbocycles. The van der Waals surface area contributed by atoms with Gasteiger partial charge in [0, 0.05) is 62.3 Å². The molecule has 2 heterocycles. The average Bonchev–Trinajstić information content (AvgIpc) is 3.50. The van der Waals surface area contributed by atoms with Gasteiger partial charge in [0.1, 0.15) is 0 Å². The van der Waals surface area contributed by atoms with Crippen molar-refractivity contribution < 1.29 is 9.59 Å². The summed E-state index contributed by atoms with van der Waals surface area (Å²) in [6.45, 7) is 1.43. The lowest BCUT2D eigenvalue weighted by Gasteiger charge is -2.25. The summed E-state index contributed by atoms with van der Waals surface area (Å²) in [7, 11) is 1.86. The van der Waals surface area contributed by atoms with Crippen molar-refractivity contribution in [1.29, 1.82) is 5.41 Å². The van der Waals surface area contributed by atoms with E-state index in [9.17, 15) is 9.59 Å². The van der Waals surface area contributed by atoms with Crippen molar-refractivity contribution in [3.63, 3.8) is 0 Å². The number of hydrogen-bond donors (Lipinski definition) is 5. The molecule has 0 saturated carbocycles. The standard InChI is InChI=1S/C27H30Cl2N8O2/c1-36-16-18(33-27(39)19-4-2-3-5-22(19)37(12-9-28)13-10-29)15-23(36)25-34-20-7-6-17(14-21(20)35-25)26(38)32-11-8-24(30)31/h2-7,14-16H,8-13H2,1H3,(H3,30,31)(H,32,38)(H,33,39)(H,34,35). The van der Waals surface area contributed by atoms with Crippen LogP contribution in [0, 0.1) is 5.41 Å². The summed E-state index contributed by atoms with van der Waals surface area (Å²) in [6.07, 6.45) is 2.10. The summed E-state index contributed by atoms with van der Waals surface area (Å²) in [5, 5.41) is 13.0. The molecule has 204 valence electrons. The maximum absolute atomic E-state index is 13.3. The maximum atomic E-state index is 13.3. The molecule has 0 saturated heterocycles. The summed E-state index contributed by atoms with van der Waals surface area (Å²) in [5.41, 5.74) is 9.87. The van der Waals surface area contributed by atoms with E-state index in [1.807, 2.05) is 47.0 Å². The van der Waals surface area contributed by atoms with Gasteiger partial charge in [0.05, 0.1) is 33.8 Å². The summed E-state index contributed by atoms with van der Waals surface area (Å²) < 4.78 is 1.86. The number of para-hydroxylation sites is 1. The fourth-order valence-corrected chi connectivity index (χ4v) is 4.66. The van der Waals surface area contributed by atoms with E-state index in [0.717, 1.165) is 11.4 Å². The van der Waals surface area contributed by atoms with Crippen LogP contribution in [-0.2, 0) is 7.05 Å². The van der Waals surface area contributed by atoms with E-state index < -0.39 is 0 Å². The van der Waals surface area contributed by atoms with Crippen LogP contribution < -0.4 is 21.3 Å². The summed E-state index contributed by atoms with van der Waals surface area (Å²) in [5.74, 6) is 0.941. The largest absolute Gasteiger partial charge is 0.388 e. The minimum Gasteiger partial charge on any atom is -0.388 e. The zero-order valence-electron chi connectivity index (χ0n) is 21.4. The molecule has 4 aromatic rings. The van der Waals surface area contributed by atoms with Crippen molar-refractivity contribution in [2.45, 2.75) is 6.42 Å². The number of amidine groups is 1. The molecule has 0 aliphatic heterocycles. The van der Waals surface area contributed by atoms with Gasteiger partial charge in [-0.25, -0.2) is 4.98 Å². The molecular weight excluding hydrogens is 539 g/mol. The Kier molecular flexibility index (Phi) is 9.11. The number of imidazole rings is 1. The predicted octanol–water partition coefficient (Wildman–Crippen LogP) is 4.16. The lowest BCUT2D eigenvalue weighted by molar-refractivity contribution is 0.0954. The molecule has 6 N–H and O–H groups in total. The van der Waals surface area contributed by atoms with Gasteiger partial charge in [-0.1, -0.05) is 12.1 Å². The topological polar surface area (TPSA) is 145 Å². The number of aryl methyl sites for hydroxylation is 1. The number of hydrogen-bond acceptors (Lipinski definition) is 5. The monoisotopic (exact) mass is 568 g/mol. The van der Waals surface area contributed by atoms with Gasteiger partial charge in [-0.2, -0.15) is 0 Å². The number of H-pyrrole nitrogens is 1. The Morgan fingerprint density at radius 1 is 1.10 bits per heavy atom. The highest BCUT2D eigenvalue weighted by Crippen LogP contribution is 2.27. The minimum atomic E-state index is -0.255.